The summed E-state index contributed by atoms with van der Waals surface area (Å²) in [6.45, 7) is 6.89. The molecule has 1 spiro atoms. The molecule has 2 amide bonds. The normalized spacial score (nSPS) is 38.2. The van der Waals surface area contributed by atoms with Crippen LogP contribution in [0.1, 0.15) is 13.3 Å². The van der Waals surface area contributed by atoms with E-state index < -0.39 is 27.4 Å². The Morgan fingerprint density at radius 1 is 1.03 bits per heavy atom. The van der Waals surface area contributed by atoms with Gasteiger partial charge < -0.3 is 24.4 Å². The lowest BCUT2D eigenvalue weighted by Gasteiger charge is -2.37. The van der Waals surface area contributed by atoms with Gasteiger partial charge in [0.15, 0.2) is 0 Å². The van der Waals surface area contributed by atoms with E-state index in [2.05, 4.69) is 4.90 Å². The minimum atomic E-state index is -0.885. The van der Waals surface area contributed by atoms with Crippen LogP contribution >= 0.6 is 11.8 Å². The number of likely N-dealkylation sites (tertiary alicyclic amines) is 1. The van der Waals surface area contributed by atoms with Crippen molar-refractivity contribution in [3.63, 3.8) is 0 Å². The zero-order valence-corrected chi connectivity index (χ0v) is 20.4. The fraction of sp³-hybridized carbons (Fsp3) is 0.708. The van der Waals surface area contributed by atoms with Gasteiger partial charge >= 0.3 is 5.97 Å². The predicted octanol–water partition coefficient (Wildman–Crippen LogP) is -0.100. The van der Waals surface area contributed by atoms with E-state index >= 15 is 0 Å². The molecule has 1 unspecified atom stereocenters. The molecule has 10 heteroatoms. The standard InChI is InChI=1S/C24H33N3O6S/c1-23-5-2-3-14-33-22(31)18(23)17-20(29)27(10-13-28)19-21(30)26(7-4-6-24(17,19)34-23)9-8-25-11-15-32-16-12-25/h2,4-6,17-19,28H,3,7-16H2,1H3/t17-,18+,19?,23-,24-/m0/s1. The Labute approximate surface area is 204 Å². The molecule has 0 bridgehead atoms. The number of hydrogen-bond acceptors (Lipinski definition) is 8. The number of aliphatic hydroxyl groups is 1. The summed E-state index contributed by atoms with van der Waals surface area (Å²) in [7, 11) is 0. The van der Waals surface area contributed by atoms with Gasteiger partial charge in [-0.1, -0.05) is 24.3 Å². The Hall–Kier alpha value is -1.88. The summed E-state index contributed by atoms with van der Waals surface area (Å²) < 4.78 is 9.40. The molecule has 0 aromatic heterocycles. The molecular weight excluding hydrogens is 458 g/mol. The number of carbonyl (C=O) groups is 3. The number of cyclic esters (lactones) is 1. The molecule has 5 atom stereocenters. The molecule has 9 nitrogen and oxygen atoms in total. The first-order valence-electron chi connectivity index (χ1n) is 12.1. The minimum Gasteiger partial charge on any atom is -0.465 e. The number of nitrogens with zero attached hydrogens (tertiary/aromatic N) is 3. The number of thioether (sulfide) groups is 1. The number of amides is 2. The lowest BCUT2D eigenvalue weighted by Crippen LogP contribution is -2.55. The summed E-state index contributed by atoms with van der Waals surface area (Å²) in [5, 5.41) is 9.74. The van der Waals surface area contributed by atoms with Crippen LogP contribution < -0.4 is 0 Å². The van der Waals surface area contributed by atoms with Crippen LogP contribution in [0.5, 0.6) is 0 Å². The molecule has 34 heavy (non-hydrogen) atoms. The molecule has 0 aromatic carbocycles. The Morgan fingerprint density at radius 2 is 1.82 bits per heavy atom. The minimum absolute atomic E-state index is 0.0630. The Kier molecular flexibility index (Phi) is 6.52. The van der Waals surface area contributed by atoms with E-state index in [9.17, 15) is 19.5 Å². The van der Waals surface area contributed by atoms with E-state index in [1.165, 1.54) is 16.7 Å². The van der Waals surface area contributed by atoms with Crippen molar-refractivity contribution in [2.45, 2.75) is 28.9 Å². The Bertz CT molecular complexity index is 905. The molecule has 0 aromatic rings. The molecule has 0 aliphatic carbocycles. The molecule has 186 valence electrons. The highest BCUT2D eigenvalue weighted by atomic mass is 32.2. The van der Waals surface area contributed by atoms with Gasteiger partial charge in [-0.05, 0) is 13.3 Å². The first-order chi connectivity index (χ1) is 16.4. The van der Waals surface area contributed by atoms with E-state index in [0.29, 0.717) is 32.7 Å². The second kappa shape index (κ2) is 9.29. The van der Waals surface area contributed by atoms with Crippen LogP contribution in [-0.2, 0) is 23.9 Å². The van der Waals surface area contributed by atoms with Gasteiger partial charge in [-0.25, -0.2) is 0 Å². The van der Waals surface area contributed by atoms with Crippen LogP contribution in [-0.4, -0.2) is 119 Å². The van der Waals surface area contributed by atoms with Crippen molar-refractivity contribution in [1.29, 1.82) is 0 Å². The Morgan fingerprint density at radius 3 is 2.59 bits per heavy atom. The summed E-state index contributed by atoms with van der Waals surface area (Å²) in [6.07, 6.45) is 8.63. The number of hydrogen-bond donors (Lipinski definition) is 1. The fourth-order valence-corrected chi connectivity index (χ4v) is 8.32. The number of esters is 1. The van der Waals surface area contributed by atoms with Crippen LogP contribution in [0.4, 0.5) is 0 Å². The van der Waals surface area contributed by atoms with Gasteiger partial charge in [0.2, 0.25) is 11.8 Å². The van der Waals surface area contributed by atoms with Crippen LogP contribution in [0, 0.1) is 11.8 Å². The number of morpholine rings is 1. The highest BCUT2D eigenvalue weighted by molar-refractivity contribution is 8.02. The molecular formula is C24H33N3O6S. The second-order valence-electron chi connectivity index (χ2n) is 9.75. The van der Waals surface area contributed by atoms with Gasteiger partial charge in [0.1, 0.15) is 6.04 Å². The number of fused-ring (bicyclic) bond motifs is 2. The lowest BCUT2D eigenvalue weighted by molar-refractivity contribution is -0.154. The first-order valence-corrected chi connectivity index (χ1v) is 13.0. The van der Waals surface area contributed by atoms with Crippen molar-refractivity contribution in [2.75, 3.05) is 65.7 Å². The summed E-state index contributed by atoms with van der Waals surface area (Å²) in [5.74, 6) is -2.16. The topological polar surface area (TPSA) is 99.6 Å². The molecule has 5 aliphatic rings. The predicted molar refractivity (Wildman–Crippen MR) is 126 cm³/mol. The average molecular weight is 492 g/mol. The number of rotatable bonds is 5. The van der Waals surface area contributed by atoms with Crippen molar-refractivity contribution in [3.8, 4) is 0 Å². The summed E-state index contributed by atoms with van der Waals surface area (Å²) in [4.78, 5) is 46.6. The maximum Gasteiger partial charge on any atom is 0.311 e. The summed E-state index contributed by atoms with van der Waals surface area (Å²) >= 11 is 1.53. The van der Waals surface area contributed by atoms with Gasteiger partial charge in [0.05, 0.1) is 43.0 Å². The van der Waals surface area contributed by atoms with E-state index in [0.717, 1.165) is 19.6 Å². The van der Waals surface area contributed by atoms with Gasteiger partial charge in [0.25, 0.3) is 0 Å². The van der Waals surface area contributed by atoms with E-state index in [4.69, 9.17) is 9.47 Å². The molecule has 0 saturated carbocycles. The van der Waals surface area contributed by atoms with Crippen LogP contribution in [0.3, 0.4) is 0 Å². The molecule has 5 rings (SSSR count). The Balaban J connectivity index is 1.49. The summed E-state index contributed by atoms with van der Waals surface area (Å²) in [6, 6.07) is -0.767. The first kappa shape index (κ1) is 23.8. The molecule has 3 saturated heterocycles. The number of carbonyl (C=O) groups excluding carboxylic acids is 3. The molecule has 1 N–H and O–H groups in total. The smallest absolute Gasteiger partial charge is 0.311 e. The summed E-state index contributed by atoms with van der Waals surface area (Å²) in [5.41, 5.74) is 0. The van der Waals surface area contributed by atoms with Gasteiger partial charge in [-0.2, -0.15) is 0 Å². The van der Waals surface area contributed by atoms with Crippen molar-refractivity contribution in [1.82, 2.24) is 14.7 Å². The monoisotopic (exact) mass is 491 g/mol. The quantitative estimate of drug-likeness (QED) is 0.421. The zero-order valence-electron chi connectivity index (χ0n) is 19.6. The van der Waals surface area contributed by atoms with Crippen molar-refractivity contribution < 1.29 is 29.0 Å². The van der Waals surface area contributed by atoms with E-state index in [-0.39, 0.29) is 37.5 Å². The number of ether oxygens (including phenoxy) is 2. The maximum atomic E-state index is 14.0. The van der Waals surface area contributed by atoms with E-state index in [1.807, 2.05) is 36.1 Å². The molecule has 3 fully saturated rings. The average Bonchev–Trinajstić information content (AvgIpc) is 3.13. The maximum absolute atomic E-state index is 14.0. The number of aliphatic hydroxyl groups excluding tert-OH is 1. The van der Waals surface area contributed by atoms with Crippen LogP contribution in [0.25, 0.3) is 0 Å². The van der Waals surface area contributed by atoms with Crippen molar-refractivity contribution in [3.05, 3.63) is 24.3 Å². The highest BCUT2D eigenvalue weighted by Gasteiger charge is 2.73. The second-order valence-corrected chi connectivity index (χ2v) is 11.5. The molecule has 5 aliphatic heterocycles. The highest BCUT2D eigenvalue weighted by Crippen LogP contribution is 2.65. The SMILES string of the molecule is C[C@]12C=CCCOC(=O)[C@H]1[C@H]1C(=O)N(CCO)C3C(=O)N(CCN4CCOCC4)CC=C[C@@]31S2. The third-order valence-corrected chi connectivity index (χ3v) is 9.53. The largest absolute Gasteiger partial charge is 0.465 e. The third-order valence-electron chi connectivity index (χ3n) is 7.73. The fourth-order valence-electron chi connectivity index (χ4n) is 6.17. The zero-order chi connectivity index (χ0) is 23.9. The van der Waals surface area contributed by atoms with Gasteiger partial charge in [-0.15, -0.1) is 11.8 Å². The van der Waals surface area contributed by atoms with Crippen molar-refractivity contribution >= 4 is 29.5 Å². The molecule has 5 heterocycles. The van der Waals surface area contributed by atoms with E-state index in [1.54, 1.807) is 0 Å². The third kappa shape index (κ3) is 3.79. The number of β-amino-alcohol motifs (C(OH)–C–C–N with tert-alkyl or cyclic N) is 1. The van der Waals surface area contributed by atoms with Gasteiger partial charge in [-0.3, -0.25) is 19.3 Å². The van der Waals surface area contributed by atoms with Crippen molar-refractivity contribution in [2.24, 2.45) is 11.8 Å². The van der Waals surface area contributed by atoms with Crippen LogP contribution in [0.15, 0.2) is 24.3 Å². The van der Waals surface area contributed by atoms with Crippen LogP contribution in [0.2, 0.25) is 0 Å². The van der Waals surface area contributed by atoms with Gasteiger partial charge in [0, 0.05) is 44.0 Å². The lowest BCUT2D eigenvalue weighted by atomic mass is 9.74. The molecule has 0 radical (unpaired) electrons.